The lowest BCUT2D eigenvalue weighted by molar-refractivity contribution is -0.150. The molecule has 2 amide bonds. The van der Waals surface area contributed by atoms with Crippen LogP contribution in [0.5, 0.6) is 0 Å². The molecule has 0 aliphatic carbocycles. The molecule has 2 aromatic carbocycles. The first kappa shape index (κ1) is 21.4. The van der Waals surface area contributed by atoms with Gasteiger partial charge in [0.15, 0.2) is 6.61 Å². The van der Waals surface area contributed by atoms with Crippen LogP contribution in [0.4, 0.5) is 10.1 Å². The van der Waals surface area contributed by atoms with Crippen LogP contribution in [0.25, 0.3) is 0 Å². The first-order chi connectivity index (χ1) is 13.3. The molecule has 0 spiro atoms. The number of rotatable bonds is 7. The van der Waals surface area contributed by atoms with Gasteiger partial charge < -0.3 is 15.4 Å². The first-order valence-corrected chi connectivity index (χ1v) is 8.93. The largest absolute Gasteiger partial charge is 0.454 e. The Morgan fingerprint density at radius 3 is 2.39 bits per heavy atom. The van der Waals surface area contributed by atoms with Gasteiger partial charge in [-0.2, -0.15) is 0 Å². The highest BCUT2D eigenvalue weighted by Gasteiger charge is 2.26. The summed E-state index contributed by atoms with van der Waals surface area (Å²) in [4.78, 5) is 36.6. The molecule has 0 aliphatic heterocycles. The Kier molecular flexibility index (Phi) is 7.52. The van der Waals surface area contributed by atoms with E-state index in [0.29, 0.717) is 5.56 Å². The molecule has 2 N–H and O–H groups in total. The number of benzene rings is 2. The maximum absolute atomic E-state index is 13.0. The van der Waals surface area contributed by atoms with Gasteiger partial charge in [0.25, 0.3) is 11.8 Å². The number of esters is 1. The van der Waals surface area contributed by atoms with Gasteiger partial charge in [0, 0.05) is 5.56 Å². The molecular formula is C20H20ClFN2O4. The van der Waals surface area contributed by atoms with Crippen molar-refractivity contribution in [2.75, 3.05) is 11.9 Å². The molecule has 0 saturated carbocycles. The topological polar surface area (TPSA) is 84.5 Å². The van der Waals surface area contributed by atoms with Gasteiger partial charge in [0.1, 0.15) is 11.9 Å². The van der Waals surface area contributed by atoms with E-state index in [1.54, 1.807) is 44.2 Å². The van der Waals surface area contributed by atoms with E-state index in [-0.39, 0.29) is 16.6 Å². The average molecular weight is 407 g/mol. The summed E-state index contributed by atoms with van der Waals surface area (Å²) in [6.45, 7) is 2.92. The Hall–Kier alpha value is -2.93. The zero-order chi connectivity index (χ0) is 20.7. The van der Waals surface area contributed by atoms with Crippen molar-refractivity contribution < 1.29 is 23.5 Å². The van der Waals surface area contributed by atoms with Gasteiger partial charge in [-0.05, 0) is 36.2 Å². The van der Waals surface area contributed by atoms with Crippen molar-refractivity contribution in [2.45, 2.75) is 19.9 Å². The zero-order valence-corrected chi connectivity index (χ0v) is 16.1. The number of hydrogen-bond acceptors (Lipinski definition) is 4. The third-order valence-corrected chi connectivity index (χ3v) is 4.11. The maximum atomic E-state index is 13.0. The summed E-state index contributed by atoms with van der Waals surface area (Å²) < 4.78 is 18.0. The molecule has 2 rings (SSSR count). The average Bonchev–Trinajstić information content (AvgIpc) is 2.66. The minimum absolute atomic E-state index is 0.0230. The summed E-state index contributed by atoms with van der Waals surface area (Å²) >= 11 is 5.83. The minimum Gasteiger partial charge on any atom is -0.454 e. The van der Waals surface area contributed by atoms with E-state index in [1.165, 1.54) is 6.07 Å². The molecule has 28 heavy (non-hydrogen) atoms. The number of carbonyl (C=O) groups is 3. The molecule has 1 atom stereocenters. The molecule has 0 fully saturated rings. The molecule has 0 aliphatic rings. The summed E-state index contributed by atoms with van der Waals surface area (Å²) in [5.74, 6) is -2.59. The predicted octanol–water partition coefficient (Wildman–Crippen LogP) is 3.42. The summed E-state index contributed by atoms with van der Waals surface area (Å²) in [6, 6.07) is 11.0. The third-order valence-electron chi connectivity index (χ3n) is 3.79. The number of carbonyl (C=O) groups excluding carboxylic acids is 3. The van der Waals surface area contributed by atoms with E-state index in [9.17, 15) is 18.8 Å². The number of anilines is 1. The standard InChI is InChI=1S/C20H20ClFN2O4/c1-12(2)18(24-19(26)13-6-4-3-5-7-13)20(27)28-11-17(25)23-16-9-8-14(22)10-15(16)21/h3-10,12,18H,11H2,1-2H3,(H,23,25)(H,24,26)/t18-/m1/s1. The number of hydrogen-bond donors (Lipinski definition) is 2. The fourth-order valence-electron chi connectivity index (χ4n) is 2.32. The fourth-order valence-corrected chi connectivity index (χ4v) is 2.53. The number of amides is 2. The molecule has 0 aromatic heterocycles. The van der Waals surface area contributed by atoms with E-state index in [2.05, 4.69) is 10.6 Å². The normalized spacial score (nSPS) is 11.6. The lowest BCUT2D eigenvalue weighted by Gasteiger charge is -2.20. The smallest absolute Gasteiger partial charge is 0.329 e. The van der Waals surface area contributed by atoms with Crippen LogP contribution >= 0.6 is 11.6 Å². The van der Waals surface area contributed by atoms with Gasteiger partial charge in [0.2, 0.25) is 0 Å². The van der Waals surface area contributed by atoms with Crippen molar-refractivity contribution in [2.24, 2.45) is 5.92 Å². The van der Waals surface area contributed by atoms with Gasteiger partial charge in [-0.15, -0.1) is 0 Å². The van der Waals surface area contributed by atoms with Crippen molar-refractivity contribution in [3.8, 4) is 0 Å². The van der Waals surface area contributed by atoms with E-state index in [4.69, 9.17) is 16.3 Å². The lowest BCUT2D eigenvalue weighted by Crippen LogP contribution is -2.45. The Labute approximate surface area is 167 Å². The van der Waals surface area contributed by atoms with Crippen LogP contribution < -0.4 is 10.6 Å². The van der Waals surface area contributed by atoms with Crippen molar-refractivity contribution in [1.82, 2.24) is 5.32 Å². The van der Waals surface area contributed by atoms with E-state index >= 15 is 0 Å². The molecule has 0 radical (unpaired) electrons. The Morgan fingerprint density at radius 2 is 1.79 bits per heavy atom. The lowest BCUT2D eigenvalue weighted by atomic mass is 10.0. The van der Waals surface area contributed by atoms with Crippen LogP contribution in [-0.2, 0) is 14.3 Å². The Morgan fingerprint density at radius 1 is 1.11 bits per heavy atom. The second kappa shape index (κ2) is 9.85. The minimum atomic E-state index is -0.921. The second-order valence-electron chi connectivity index (χ2n) is 6.34. The number of nitrogens with one attached hydrogen (secondary N) is 2. The zero-order valence-electron chi connectivity index (χ0n) is 15.4. The maximum Gasteiger partial charge on any atom is 0.329 e. The predicted molar refractivity (Wildman–Crippen MR) is 104 cm³/mol. The summed E-state index contributed by atoms with van der Waals surface area (Å²) in [5, 5.41) is 5.06. The molecule has 0 saturated heterocycles. The molecule has 2 aromatic rings. The van der Waals surface area contributed by atoms with Crippen molar-refractivity contribution >= 4 is 35.1 Å². The van der Waals surface area contributed by atoms with Crippen LogP contribution in [0.2, 0.25) is 5.02 Å². The highest BCUT2D eigenvalue weighted by atomic mass is 35.5. The highest BCUT2D eigenvalue weighted by molar-refractivity contribution is 6.33. The van der Waals surface area contributed by atoms with Crippen LogP contribution in [-0.4, -0.2) is 30.4 Å². The second-order valence-corrected chi connectivity index (χ2v) is 6.75. The van der Waals surface area contributed by atoms with Crippen molar-refractivity contribution in [3.63, 3.8) is 0 Å². The highest BCUT2D eigenvalue weighted by Crippen LogP contribution is 2.22. The van der Waals surface area contributed by atoms with Crippen LogP contribution in [0.15, 0.2) is 48.5 Å². The third kappa shape index (κ3) is 6.06. The van der Waals surface area contributed by atoms with Gasteiger partial charge >= 0.3 is 5.97 Å². The van der Waals surface area contributed by atoms with E-state index in [1.807, 2.05) is 0 Å². The molecule has 0 heterocycles. The van der Waals surface area contributed by atoms with Gasteiger partial charge in [-0.1, -0.05) is 43.6 Å². The molecule has 8 heteroatoms. The summed E-state index contributed by atoms with van der Waals surface area (Å²) in [7, 11) is 0. The summed E-state index contributed by atoms with van der Waals surface area (Å²) in [5.41, 5.74) is 0.603. The SMILES string of the molecule is CC(C)[C@@H](NC(=O)c1ccccc1)C(=O)OCC(=O)Nc1ccc(F)cc1Cl. The molecule has 0 bridgehead atoms. The van der Waals surface area contributed by atoms with Crippen LogP contribution in [0.3, 0.4) is 0 Å². The van der Waals surface area contributed by atoms with E-state index in [0.717, 1.165) is 12.1 Å². The van der Waals surface area contributed by atoms with Gasteiger partial charge in [0.05, 0.1) is 10.7 Å². The van der Waals surface area contributed by atoms with Crippen molar-refractivity contribution in [1.29, 1.82) is 0 Å². The fraction of sp³-hybridized carbons (Fsp3) is 0.250. The Bertz CT molecular complexity index is 859. The number of halogens is 2. The van der Waals surface area contributed by atoms with Gasteiger partial charge in [-0.25, -0.2) is 9.18 Å². The Balaban J connectivity index is 1.92. The van der Waals surface area contributed by atoms with Crippen LogP contribution in [0, 0.1) is 11.7 Å². The molecular weight excluding hydrogens is 387 g/mol. The molecule has 6 nitrogen and oxygen atoms in total. The monoisotopic (exact) mass is 406 g/mol. The summed E-state index contributed by atoms with van der Waals surface area (Å²) in [6.07, 6.45) is 0. The quantitative estimate of drug-likeness (QED) is 0.690. The molecule has 148 valence electrons. The number of ether oxygens (including phenoxy) is 1. The van der Waals surface area contributed by atoms with E-state index < -0.39 is 36.2 Å². The first-order valence-electron chi connectivity index (χ1n) is 8.55. The molecule has 0 unspecified atom stereocenters. The van der Waals surface area contributed by atoms with Crippen molar-refractivity contribution in [3.05, 3.63) is 64.9 Å². The van der Waals surface area contributed by atoms with Gasteiger partial charge in [-0.3, -0.25) is 9.59 Å². The van der Waals surface area contributed by atoms with Crippen LogP contribution in [0.1, 0.15) is 24.2 Å².